The molecular weight excluding hydrogens is 363 g/mol. The first kappa shape index (κ1) is 17.9. The van der Waals surface area contributed by atoms with E-state index in [9.17, 15) is 18.8 Å². The molecule has 1 aromatic rings. The summed E-state index contributed by atoms with van der Waals surface area (Å²) in [6.45, 7) is 0.839. The summed E-state index contributed by atoms with van der Waals surface area (Å²) in [4.78, 5) is 34.0. The maximum Gasteiger partial charge on any atom is 0.344 e. The number of carbonyl (C=O) groups is 3. The summed E-state index contributed by atoms with van der Waals surface area (Å²) in [6.07, 6.45) is -1.16. The van der Waals surface area contributed by atoms with Gasteiger partial charge in [-0.3, -0.25) is 10.1 Å². The van der Waals surface area contributed by atoms with Crippen LogP contribution in [0, 0.1) is 5.82 Å². The maximum atomic E-state index is 12.9. The minimum Gasteiger partial charge on any atom is -0.481 e. The van der Waals surface area contributed by atoms with Crippen LogP contribution in [-0.4, -0.2) is 37.7 Å². The van der Waals surface area contributed by atoms with Crippen molar-refractivity contribution in [1.29, 1.82) is 0 Å². The molecule has 0 fully saturated rings. The molecule has 0 aromatic heterocycles. The van der Waals surface area contributed by atoms with Crippen molar-refractivity contribution in [2.24, 2.45) is 0 Å². The second-order valence-corrected chi connectivity index (χ2v) is 4.92. The Kier molecular flexibility index (Phi) is 6.77. The van der Waals surface area contributed by atoms with Gasteiger partial charge >= 0.3 is 12.0 Å². The Morgan fingerprint density at radius 1 is 1.36 bits per heavy atom. The quantitative estimate of drug-likeness (QED) is 0.756. The van der Waals surface area contributed by atoms with E-state index in [4.69, 9.17) is 9.47 Å². The standard InChI is InChI=1S/C13H14BrFN2O5/c1-7(12(19)17-13(20)16-2)22-11(18)6-21-10-4-3-8(15)5-9(10)14/h3-5,7H,6H2,1-2H3,(H2,16,17,19,20)/t7-/m0/s1. The van der Waals surface area contributed by atoms with E-state index in [0.29, 0.717) is 4.47 Å². The number of halogens is 2. The van der Waals surface area contributed by atoms with Crippen LogP contribution in [0.3, 0.4) is 0 Å². The summed E-state index contributed by atoms with van der Waals surface area (Å²) < 4.78 is 23.2. The van der Waals surface area contributed by atoms with E-state index < -0.39 is 36.4 Å². The number of urea groups is 1. The molecule has 0 unspecified atom stereocenters. The molecule has 0 aliphatic carbocycles. The van der Waals surface area contributed by atoms with Crippen molar-refractivity contribution in [1.82, 2.24) is 10.6 Å². The van der Waals surface area contributed by atoms with Gasteiger partial charge in [0.2, 0.25) is 0 Å². The topological polar surface area (TPSA) is 93.7 Å². The third kappa shape index (κ3) is 5.68. The first-order valence-electron chi connectivity index (χ1n) is 6.13. The van der Waals surface area contributed by atoms with Crippen molar-refractivity contribution in [3.8, 4) is 5.75 Å². The summed E-state index contributed by atoms with van der Waals surface area (Å²) in [5, 5.41) is 4.16. The average molecular weight is 377 g/mol. The molecule has 0 saturated heterocycles. The van der Waals surface area contributed by atoms with Crippen molar-refractivity contribution < 1.29 is 28.2 Å². The van der Waals surface area contributed by atoms with Crippen molar-refractivity contribution in [2.75, 3.05) is 13.7 Å². The van der Waals surface area contributed by atoms with Crippen LogP contribution < -0.4 is 15.4 Å². The van der Waals surface area contributed by atoms with E-state index in [-0.39, 0.29) is 5.75 Å². The van der Waals surface area contributed by atoms with Crippen molar-refractivity contribution >= 4 is 33.8 Å². The number of benzene rings is 1. The van der Waals surface area contributed by atoms with Crippen LogP contribution in [-0.2, 0) is 14.3 Å². The lowest BCUT2D eigenvalue weighted by Gasteiger charge is -2.13. The van der Waals surface area contributed by atoms with Crippen molar-refractivity contribution in [3.63, 3.8) is 0 Å². The first-order valence-corrected chi connectivity index (χ1v) is 6.92. The Morgan fingerprint density at radius 2 is 2.05 bits per heavy atom. The highest BCUT2D eigenvalue weighted by atomic mass is 79.9. The zero-order valence-electron chi connectivity index (χ0n) is 11.8. The molecule has 0 aliphatic rings. The minimum absolute atomic E-state index is 0.251. The second kappa shape index (κ2) is 8.32. The van der Waals surface area contributed by atoms with Crippen LogP contribution in [0.2, 0.25) is 0 Å². The Morgan fingerprint density at radius 3 is 2.64 bits per heavy atom. The molecule has 22 heavy (non-hydrogen) atoms. The van der Waals surface area contributed by atoms with Gasteiger partial charge in [-0.05, 0) is 41.1 Å². The van der Waals surface area contributed by atoms with Gasteiger partial charge in [-0.1, -0.05) is 0 Å². The predicted octanol–water partition coefficient (Wildman–Crippen LogP) is 1.35. The molecule has 2 N–H and O–H groups in total. The highest BCUT2D eigenvalue weighted by Crippen LogP contribution is 2.25. The molecule has 0 heterocycles. The molecule has 7 nitrogen and oxygen atoms in total. The number of amides is 3. The van der Waals surface area contributed by atoms with Gasteiger partial charge in [0, 0.05) is 7.05 Å². The molecule has 0 saturated carbocycles. The van der Waals surface area contributed by atoms with Crippen LogP contribution in [0.1, 0.15) is 6.92 Å². The Balaban J connectivity index is 2.45. The Bertz CT molecular complexity index is 582. The highest BCUT2D eigenvalue weighted by molar-refractivity contribution is 9.10. The van der Waals surface area contributed by atoms with Crippen LogP contribution >= 0.6 is 15.9 Å². The summed E-state index contributed by atoms with van der Waals surface area (Å²) >= 11 is 3.08. The van der Waals surface area contributed by atoms with E-state index >= 15 is 0 Å². The Labute approximate surface area is 134 Å². The van der Waals surface area contributed by atoms with Gasteiger partial charge in [0.1, 0.15) is 11.6 Å². The molecule has 0 bridgehead atoms. The smallest absolute Gasteiger partial charge is 0.344 e. The van der Waals surface area contributed by atoms with E-state index in [1.165, 1.54) is 32.2 Å². The van der Waals surface area contributed by atoms with E-state index in [2.05, 4.69) is 21.2 Å². The SMILES string of the molecule is CNC(=O)NC(=O)[C@H](C)OC(=O)COc1ccc(F)cc1Br. The number of carbonyl (C=O) groups excluding carboxylic acids is 3. The van der Waals surface area contributed by atoms with Gasteiger partial charge in [-0.25, -0.2) is 14.0 Å². The maximum absolute atomic E-state index is 12.9. The fourth-order valence-corrected chi connectivity index (χ4v) is 1.75. The van der Waals surface area contributed by atoms with Crippen molar-refractivity contribution in [3.05, 3.63) is 28.5 Å². The van der Waals surface area contributed by atoms with Crippen LogP contribution in [0.4, 0.5) is 9.18 Å². The van der Waals surface area contributed by atoms with Crippen molar-refractivity contribution in [2.45, 2.75) is 13.0 Å². The monoisotopic (exact) mass is 376 g/mol. The normalized spacial score (nSPS) is 11.3. The molecule has 0 spiro atoms. The summed E-state index contributed by atoms with van der Waals surface area (Å²) in [7, 11) is 1.34. The number of ether oxygens (including phenoxy) is 2. The predicted molar refractivity (Wildman–Crippen MR) is 77.7 cm³/mol. The summed E-state index contributed by atoms with van der Waals surface area (Å²) in [5.74, 6) is -1.78. The van der Waals surface area contributed by atoms with E-state index in [1.54, 1.807) is 0 Å². The fourth-order valence-electron chi connectivity index (χ4n) is 1.29. The molecule has 9 heteroatoms. The lowest BCUT2D eigenvalue weighted by Crippen LogP contribution is -2.43. The Hall–Kier alpha value is -2.16. The molecule has 1 atom stereocenters. The zero-order valence-corrected chi connectivity index (χ0v) is 13.4. The molecular formula is C13H14BrFN2O5. The first-order chi connectivity index (χ1) is 10.3. The van der Waals surface area contributed by atoms with E-state index in [0.717, 1.165) is 0 Å². The number of nitrogens with one attached hydrogen (secondary N) is 2. The van der Waals surface area contributed by atoms with Crippen LogP contribution in [0.5, 0.6) is 5.75 Å². The van der Waals surface area contributed by atoms with Crippen LogP contribution in [0.15, 0.2) is 22.7 Å². The molecule has 3 amide bonds. The highest BCUT2D eigenvalue weighted by Gasteiger charge is 2.20. The third-order valence-corrected chi connectivity index (χ3v) is 3.00. The van der Waals surface area contributed by atoms with Gasteiger partial charge < -0.3 is 14.8 Å². The number of imide groups is 1. The van der Waals surface area contributed by atoms with Gasteiger partial charge in [-0.2, -0.15) is 0 Å². The van der Waals surface area contributed by atoms with Gasteiger partial charge in [0.25, 0.3) is 5.91 Å². The average Bonchev–Trinajstić information content (AvgIpc) is 2.45. The number of rotatable bonds is 5. The molecule has 120 valence electrons. The summed E-state index contributed by atoms with van der Waals surface area (Å²) in [6, 6.07) is 2.98. The number of hydrogen-bond acceptors (Lipinski definition) is 5. The molecule has 0 aliphatic heterocycles. The lowest BCUT2D eigenvalue weighted by atomic mass is 10.3. The number of hydrogen-bond donors (Lipinski definition) is 2. The second-order valence-electron chi connectivity index (χ2n) is 4.06. The minimum atomic E-state index is -1.16. The van der Waals surface area contributed by atoms with Gasteiger partial charge in [0.05, 0.1) is 4.47 Å². The largest absolute Gasteiger partial charge is 0.481 e. The molecule has 0 radical (unpaired) electrons. The van der Waals surface area contributed by atoms with Crippen LogP contribution in [0.25, 0.3) is 0 Å². The number of esters is 1. The molecule has 1 aromatic carbocycles. The lowest BCUT2D eigenvalue weighted by molar-refractivity contribution is -0.156. The molecule has 1 rings (SSSR count). The van der Waals surface area contributed by atoms with Gasteiger partial charge in [0.15, 0.2) is 12.7 Å². The third-order valence-electron chi connectivity index (χ3n) is 2.38. The van der Waals surface area contributed by atoms with E-state index in [1.807, 2.05) is 5.32 Å². The zero-order chi connectivity index (χ0) is 16.7. The fraction of sp³-hybridized carbons (Fsp3) is 0.308. The van der Waals surface area contributed by atoms with Gasteiger partial charge in [-0.15, -0.1) is 0 Å². The summed E-state index contributed by atoms with van der Waals surface area (Å²) in [5.41, 5.74) is 0.